The Kier molecular flexibility index (Phi) is 7.48. The summed E-state index contributed by atoms with van der Waals surface area (Å²) < 4.78 is 57.3. The van der Waals surface area contributed by atoms with Gasteiger partial charge in [-0.1, -0.05) is 20.8 Å². The second kappa shape index (κ2) is 7.42. The average Bonchev–Trinajstić information content (AvgIpc) is 2.32. The fourth-order valence-corrected chi connectivity index (χ4v) is 3.03. The van der Waals surface area contributed by atoms with Crippen molar-refractivity contribution in [2.24, 2.45) is 0 Å². The number of hydrogen-bond acceptors (Lipinski definition) is 5. The SMILES string of the molecule is COP(=O)(OC)OCC(O[Si](C)(C)C(C)(C)C)C(F)F. The van der Waals surface area contributed by atoms with E-state index < -0.39 is 35.3 Å². The van der Waals surface area contributed by atoms with Gasteiger partial charge in [0.15, 0.2) is 8.32 Å². The van der Waals surface area contributed by atoms with E-state index in [0.29, 0.717) is 0 Å². The van der Waals surface area contributed by atoms with Crippen molar-refractivity contribution in [2.45, 2.75) is 51.4 Å². The van der Waals surface area contributed by atoms with Gasteiger partial charge in [-0.15, -0.1) is 0 Å². The maximum atomic E-state index is 13.0. The summed E-state index contributed by atoms with van der Waals surface area (Å²) in [4.78, 5) is 0. The molecule has 0 heterocycles. The highest BCUT2D eigenvalue weighted by molar-refractivity contribution is 7.48. The van der Waals surface area contributed by atoms with Crippen LogP contribution in [0, 0.1) is 0 Å². The van der Waals surface area contributed by atoms with Crippen LogP contribution in [0.3, 0.4) is 0 Å². The average molecular weight is 334 g/mol. The standard InChI is InChI=1S/C11H25F2O5PSi/c1-11(2,3)20(6,7)18-9(10(12)13)8-17-19(14,15-4)16-5/h9-10H,8H2,1-7H3. The third-order valence-electron chi connectivity index (χ3n) is 3.38. The van der Waals surface area contributed by atoms with Gasteiger partial charge in [0.05, 0.1) is 6.61 Å². The van der Waals surface area contributed by atoms with Crippen LogP contribution in [0.2, 0.25) is 18.1 Å². The van der Waals surface area contributed by atoms with E-state index in [1.165, 1.54) is 0 Å². The zero-order chi connectivity index (χ0) is 16.2. The molecule has 9 heteroatoms. The predicted molar refractivity (Wildman–Crippen MR) is 75.7 cm³/mol. The third-order valence-corrected chi connectivity index (χ3v) is 9.24. The van der Waals surface area contributed by atoms with Gasteiger partial charge in [-0.3, -0.25) is 13.6 Å². The molecule has 0 aromatic heterocycles. The summed E-state index contributed by atoms with van der Waals surface area (Å²) in [5, 5.41) is -0.216. The van der Waals surface area contributed by atoms with Crippen LogP contribution < -0.4 is 0 Å². The molecule has 20 heavy (non-hydrogen) atoms. The van der Waals surface area contributed by atoms with Crippen LogP contribution >= 0.6 is 7.82 Å². The molecule has 0 saturated heterocycles. The summed E-state index contributed by atoms with van der Waals surface area (Å²) in [6.07, 6.45) is -4.21. The van der Waals surface area contributed by atoms with E-state index in [-0.39, 0.29) is 5.04 Å². The van der Waals surface area contributed by atoms with Gasteiger partial charge in [0.2, 0.25) is 0 Å². The first-order chi connectivity index (χ1) is 8.88. The molecule has 0 rings (SSSR count). The monoisotopic (exact) mass is 334 g/mol. The Morgan fingerprint density at radius 2 is 1.60 bits per heavy atom. The van der Waals surface area contributed by atoms with Crippen LogP contribution in [0.4, 0.5) is 8.78 Å². The highest BCUT2D eigenvalue weighted by Crippen LogP contribution is 2.48. The van der Waals surface area contributed by atoms with Crippen molar-refractivity contribution in [3.05, 3.63) is 0 Å². The molecule has 0 saturated carbocycles. The summed E-state index contributed by atoms with van der Waals surface area (Å²) in [5.74, 6) is 0. The Hall–Kier alpha value is 0.147. The fraction of sp³-hybridized carbons (Fsp3) is 1.00. The van der Waals surface area contributed by atoms with Crippen LogP contribution in [0.15, 0.2) is 0 Å². The Morgan fingerprint density at radius 3 is 1.90 bits per heavy atom. The minimum absolute atomic E-state index is 0.216. The third kappa shape index (κ3) is 5.87. The van der Waals surface area contributed by atoms with Crippen LogP contribution in [-0.4, -0.2) is 41.7 Å². The first-order valence-electron chi connectivity index (χ1n) is 6.20. The van der Waals surface area contributed by atoms with Crippen molar-refractivity contribution < 1.29 is 31.3 Å². The Morgan fingerprint density at radius 1 is 1.15 bits per heavy atom. The summed E-state index contributed by atoms with van der Waals surface area (Å²) in [6.45, 7) is 8.99. The number of halogens is 2. The van der Waals surface area contributed by atoms with Crippen LogP contribution in [0.1, 0.15) is 20.8 Å². The van der Waals surface area contributed by atoms with Gasteiger partial charge in [-0.25, -0.2) is 13.3 Å². The van der Waals surface area contributed by atoms with E-state index in [1.807, 2.05) is 33.9 Å². The minimum Gasteiger partial charge on any atom is -0.406 e. The van der Waals surface area contributed by atoms with Crippen molar-refractivity contribution in [1.82, 2.24) is 0 Å². The largest absolute Gasteiger partial charge is 0.474 e. The maximum absolute atomic E-state index is 13.0. The minimum atomic E-state index is -3.78. The number of phosphoric acid groups is 1. The number of rotatable bonds is 8. The van der Waals surface area contributed by atoms with Gasteiger partial charge in [-0.05, 0) is 18.1 Å². The maximum Gasteiger partial charge on any atom is 0.474 e. The molecular formula is C11H25F2O5PSi. The van der Waals surface area contributed by atoms with E-state index in [4.69, 9.17) is 8.95 Å². The Labute approximate surface area is 120 Å². The van der Waals surface area contributed by atoms with Gasteiger partial charge >= 0.3 is 7.82 Å². The summed E-state index contributed by atoms with van der Waals surface area (Å²) >= 11 is 0. The second-order valence-corrected chi connectivity index (χ2v) is 12.5. The zero-order valence-electron chi connectivity index (χ0n) is 13.1. The normalized spacial score (nSPS) is 15.7. The highest BCUT2D eigenvalue weighted by Gasteiger charge is 2.42. The first-order valence-corrected chi connectivity index (χ1v) is 10.6. The lowest BCUT2D eigenvalue weighted by Gasteiger charge is -2.39. The zero-order valence-corrected chi connectivity index (χ0v) is 15.0. The van der Waals surface area contributed by atoms with Gasteiger partial charge in [-0.2, -0.15) is 0 Å². The van der Waals surface area contributed by atoms with Gasteiger partial charge in [0, 0.05) is 14.2 Å². The smallest absolute Gasteiger partial charge is 0.406 e. The lowest BCUT2D eigenvalue weighted by molar-refractivity contribution is -0.0275. The molecule has 0 aliphatic heterocycles. The molecule has 0 aliphatic carbocycles. The van der Waals surface area contributed by atoms with E-state index in [1.54, 1.807) is 0 Å². The molecule has 1 atom stereocenters. The van der Waals surface area contributed by atoms with Crippen LogP contribution in [0.25, 0.3) is 0 Å². The topological polar surface area (TPSA) is 54.0 Å². The molecule has 0 fully saturated rings. The fourth-order valence-electron chi connectivity index (χ4n) is 1.06. The molecule has 0 aliphatic rings. The highest BCUT2D eigenvalue weighted by atomic mass is 31.2. The lowest BCUT2D eigenvalue weighted by Crippen LogP contribution is -2.47. The molecule has 0 aromatic rings. The van der Waals surface area contributed by atoms with Crippen molar-refractivity contribution >= 4 is 16.1 Å². The summed E-state index contributed by atoms with van der Waals surface area (Å²) in [7, 11) is -3.91. The molecule has 1 unspecified atom stereocenters. The second-order valence-electron chi connectivity index (χ2n) is 5.86. The lowest BCUT2D eigenvalue weighted by atomic mass is 10.2. The number of phosphoric ester groups is 1. The summed E-state index contributed by atoms with van der Waals surface area (Å²) in [5.41, 5.74) is 0. The van der Waals surface area contributed by atoms with Crippen molar-refractivity contribution in [3.63, 3.8) is 0 Å². The quantitative estimate of drug-likeness (QED) is 0.495. The van der Waals surface area contributed by atoms with Crippen molar-refractivity contribution in [2.75, 3.05) is 20.8 Å². The first kappa shape index (κ1) is 20.1. The van der Waals surface area contributed by atoms with Gasteiger partial charge < -0.3 is 4.43 Å². The van der Waals surface area contributed by atoms with Crippen LogP contribution in [0.5, 0.6) is 0 Å². The molecule has 0 radical (unpaired) electrons. The molecule has 5 nitrogen and oxygen atoms in total. The Bertz CT molecular complexity index is 338. The number of hydrogen-bond donors (Lipinski definition) is 0. The van der Waals surface area contributed by atoms with Crippen molar-refractivity contribution in [1.29, 1.82) is 0 Å². The predicted octanol–water partition coefficient (Wildman–Crippen LogP) is 4.06. The molecule has 0 aromatic carbocycles. The summed E-state index contributed by atoms with van der Waals surface area (Å²) in [6, 6.07) is 0. The molecule has 0 spiro atoms. The van der Waals surface area contributed by atoms with Gasteiger partial charge in [0.25, 0.3) is 6.43 Å². The van der Waals surface area contributed by atoms with E-state index in [2.05, 4.69) is 9.05 Å². The molecule has 0 amide bonds. The van der Waals surface area contributed by atoms with E-state index >= 15 is 0 Å². The molecule has 0 bridgehead atoms. The van der Waals surface area contributed by atoms with E-state index in [0.717, 1.165) is 14.2 Å². The van der Waals surface area contributed by atoms with Gasteiger partial charge in [0.1, 0.15) is 6.10 Å². The van der Waals surface area contributed by atoms with E-state index in [9.17, 15) is 13.3 Å². The van der Waals surface area contributed by atoms with Crippen LogP contribution in [-0.2, 0) is 22.6 Å². The Balaban J connectivity index is 4.81. The number of alkyl halides is 2. The molecule has 122 valence electrons. The molecule has 0 N–H and O–H groups in total. The molecular weight excluding hydrogens is 309 g/mol. The van der Waals surface area contributed by atoms with Crippen molar-refractivity contribution in [3.8, 4) is 0 Å².